The van der Waals surface area contributed by atoms with Crippen molar-refractivity contribution in [3.8, 4) is 34.5 Å². The van der Waals surface area contributed by atoms with Crippen molar-refractivity contribution in [1.82, 2.24) is 19.7 Å². The molecule has 0 unspecified atom stereocenters. The van der Waals surface area contributed by atoms with Crippen LogP contribution in [0, 0.1) is 11.8 Å². The van der Waals surface area contributed by atoms with Gasteiger partial charge in [-0.15, -0.1) is 0 Å². The second-order valence-corrected chi connectivity index (χ2v) is 9.88. The summed E-state index contributed by atoms with van der Waals surface area (Å²) in [5, 5.41) is 4.50. The normalized spacial score (nSPS) is 10.9. The van der Waals surface area contributed by atoms with Gasteiger partial charge in [-0.3, -0.25) is 4.98 Å². The van der Waals surface area contributed by atoms with Crippen LogP contribution in [0.25, 0.3) is 22.6 Å². The molecule has 3 aromatic carbocycles. The van der Waals surface area contributed by atoms with Crippen LogP contribution in [0.5, 0.6) is 0 Å². The van der Waals surface area contributed by atoms with E-state index in [4.69, 9.17) is 0 Å². The Morgan fingerprint density at radius 1 is 0.744 bits per heavy atom. The van der Waals surface area contributed by atoms with Crippen molar-refractivity contribution in [1.29, 1.82) is 0 Å². The molecule has 0 aliphatic heterocycles. The SMILES string of the molecule is CC.CCCc1nc(-c2cccc(C#Cc3ccc(CCc4ccnc(-c5ccc(C(F)(F)F)cc5)c4)cc3)c2)n(C)n1. The van der Waals surface area contributed by atoms with Crippen molar-refractivity contribution in [3.63, 3.8) is 0 Å². The van der Waals surface area contributed by atoms with Gasteiger partial charge in [0.25, 0.3) is 0 Å². The molecule has 0 saturated heterocycles. The van der Waals surface area contributed by atoms with E-state index in [0.29, 0.717) is 11.3 Å². The number of benzene rings is 3. The zero-order chi connectivity index (χ0) is 30.8. The van der Waals surface area contributed by atoms with Gasteiger partial charge in [0, 0.05) is 41.9 Å². The first kappa shape index (κ1) is 31.2. The molecule has 0 amide bonds. The van der Waals surface area contributed by atoms with Gasteiger partial charge in [-0.05, 0) is 78.9 Å². The standard InChI is InChI=1S/C34H29F3N4.C2H6/c1-3-5-32-39-33(41(2)40-32)29-7-4-6-26(22-29)14-12-24-8-10-25(11-9-24)13-15-27-20-21-38-31(23-27)28-16-18-30(19-17-28)34(35,36)37;1-2/h4,6-11,16-23H,3,5,13,15H2,1-2H3;1-2H3. The summed E-state index contributed by atoms with van der Waals surface area (Å²) in [6.07, 6.45) is 0.820. The van der Waals surface area contributed by atoms with Crippen molar-refractivity contribution < 1.29 is 13.2 Å². The summed E-state index contributed by atoms with van der Waals surface area (Å²) in [5.41, 5.74) is 5.73. The van der Waals surface area contributed by atoms with Gasteiger partial charge in [0.1, 0.15) is 0 Å². The van der Waals surface area contributed by atoms with E-state index in [9.17, 15) is 13.2 Å². The summed E-state index contributed by atoms with van der Waals surface area (Å²) in [4.78, 5) is 9.02. The summed E-state index contributed by atoms with van der Waals surface area (Å²) in [6, 6.07) is 25.2. The van der Waals surface area contributed by atoms with Gasteiger partial charge >= 0.3 is 6.18 Å². The first-order valence-electron chi connectivity index (χ1n) is 14.5. The summed E-state index contributed by atoms with van der Waals surface area (Å²) in [6.45, 7) is 6.12. The molecule has 0 fully saturated rings. The van der Waals surface area contributed by atoms with E-state index in [2.05, 4.69) is 46.0 Å². The Balaban J connectivity index is 0.00000207. The molecule has 220 valence electrons. The largest absolute Gasteiger partial charge is 0.416 e. The second kappa shape index (κ2) is 14.5. The molecule has 0 bridgehead atoms. The molecule has 0 spiro atoms. The minimum Gasteiger partial charge on any atom is -0.256 e. The Labute approximate surface area is 251 Å². The number of aromatic nitrogens is 4. The highest BCUT2D eigenvalue weighted by atomic mass is 19.4. The minimum atomic E-state index is -4.35. The molecule has 0 radical (unpaired) electrons. The molecule has 5 rings (SSSR count). The first-order chi connectivity index (χ1) is 20.8. The zero-order valence-electron chi connectivity index (χ0n) is 24.9. The molecular weight excluding hydrogens is 545 g/mol. The number of rotatable bonds is 7. The third-order valence-corrected chi connectivity index (χ3v) is 6.74. The Kier molecular flexibility index (Phi) is 10.5. The molecule has 43 heavy (non-hydrogen) atoms. The molecule has 0 saturated carbocycles. The van der Waals surface area contributed by atoms with Crippen molar-refractivity contribution in [2.24, 2.45) is 7.05 Å². The van der Waals surface area contributed by atoms with Gasteiger partial charge in [0.15, 0.2) is 11.6 Å². The number of aryl methyl sites for hydroxylation is 4. The topological polar surface area (TPSA) is 43.6 Å². The Morgan fingerprint density at radius 3 is 2.14 bits per heavy atom. The van der Waals surface area contributed by atoms with Gasteiger partial charge in [0.05, 0.1) is 11.3 Å². The van der Waals surface area contributed by atoms with Gasteiger partial charge in [-0.1, -0.05) is 69.0 Å². The second-order valence-electron chi connectivity index (χ2n) is 9.88. The Hall–Kier alpha value is -4.70. The molecule has 2 aromatic heterocycles. The van der Waals surface area contributed by atoms with E-state index in [0.717, 1.165) is 71.7 Å². The molecule has 0 N–H and O–H groups in total. The lowest BCUT2D eigenvalue weighted by atomic mass is 10.0. The fraction of sp³-hybridized carbons (Fsp3) is 0.250. The van der Waals surface area contributed by atoms with Crippen molar-refractivity contribution in [3.05, 3.63) is 125 Å². The third-order valence-electron chi connectivity index (χ3n) is 6.74. The zero-order valence-corrected chi connectivity index (χ0v) is 24.9. The van der Waals surface area contributed by atoms with Crippen molar-refractivity contribution >= 4 is 0 Å². The fourth-order valence-electron chi connectivity index (χ4n) is 4.56. The fourth-order valence-corrected chi connectivity index (χ4v) is 4.56. The summed E-state index contributed by atoms with van der Waals surface area (Å²) < 4.78 is 40.4. The van der Waals surface area contributed by atoms with Gasteiger partial charge in [-0.25, -0.2) is 9.67 Å². The molecule has 0 aliphatic rings. The maximum absolute atomic E-state index is 12.9. The average molecular weight is 581 g/mol. The number of alkyl halides is 3. The quantitative estimate of drug-likeness (QED) is 0.181. The number of halogens is 3. The molecule has 4 nitrogen and oxygen atoms in total. The summed E-state index contributed by atoms with van der Waals surface area (Å²) in [7, 11) is 1.91. The van der Waals surface area contributed by atoms with E-state index in [1.54, 1.807) is 6.20 Å². The Morgan fingerprint density at radius 2 is 1.44 bits per heavy atom. The van der Waals surface area contributed by atoms with Crippen LogP contribution >= 0.6 is 0 Å². The highest BCUT2D eigenvalue weighted by Crippen LogP contribution is 2.30. The predicted molar refractivity (Wildman–Crippen MR) is 166 cm³/mol. The molecule has 7 heteroatoms. The highest BCUT2D eigenvalue weighted by molar-refractivity contribution is 5.61. The minimum absolute atomic E-state index is 0.658. The van der Waals surface area contributed by atoms with Crippen LogP contribution in [-0.2, 0) is 32.5 Å². The van der Waals surface area contributed by atoms with Crippen LogP contribution in [0.2, 0.25) is 0 Å². The lowest BCUT2D eigenvalue weighted by Gasteiger charge is -2.08. The van der Waals surface area contributed by atoms with E-state index in [1.165, 1.54) is 17.7 Å². The summed E-state index contributed by atoms with van der Waals surface area (Å²) >= 11 is 0. The van der Waals surface area contributed by atoms with Crippen LogP contribution in [0.15, 0.2) is 91.1 Å². The average Bonchev–Trinajstić information content (AvgIpc) is 3.40. The smallest absolute Gasteiger partial charge is 0.256 e. The van der Waals surface area contributed by atoms with Crippen molar-refractivity contribution in [2.45, 2.75) is 52.6 Å². The van der Waals surface area contributed by atoms with Crippen molar-refractivity contribution in [2.75, 3.05) is 0 Å². The summed E-state index contributed by atoms with van der Waals surface area (Å²) in [5.74, 6) is 8.19. The maximum atomic E-state index is 12.9. The first-order valence-corrected chi connectivity index (χ1v) is 14.5. The van der Waals surface area contributed by atoms with Gasteiger partial charge < -0.3 is 0 Å². The van der Waals surface area contributed by atoms with Crippen LogP contribution in [0.4, 0.5) is 13.2 Å². The lowest BCUT2D eigenvalue weighted by Crippen LogP contribution is -2.04. The molecule has 0 aliphatic carbocycles. The van der Waals surface area contributed by atoms with E-state index < -0.39 is 11.7 Å². The predicted octanol–water partition coefficient (Wildman–Crippen LogP) is 8.73. The van der Waals surface area contributed by atoms with Crippen LogP contribution in [0.3, 0.4) is 0 Å². The van der Waals surface area contributed by atoms with E-state index in [1.807, 2.05) is 74.1 Å². The highest BCUT2D eigenvalue weighted by Gasteiger charge is 2.30. The van der Waals surface area contributed by atoms with E-state index in [-0.39, 0.29) is 0 Å². The number of hydrogen-bond donors (Lipinski definition) is 0. The number of hydrogen-bond acceptors (Lipinski definition) is 3. The number of nitrogens with zero attached hydrogens (tertiary/aromatic N) is 4. The van der Waals surface area contributed by atoms with Crippen LogP contribution < -0.4 is 0 Å². The van der Waals surface area contributed by atoms with E-state index >= 15 is 0 Å². The van der Waals surface area contributed by atoms with Gasteiger partial charge in [0.2, 0.25) is 0 Å². The molecular formula is C36H35F3N4. The van der Waals surface area contributed by atoms with Gasteiger partial charge in [-0.2, -0.15) is 18.3 Å². The van der Waals surface area contributed by atoms with Crippen LogP contribution in [0.1, 0.15) is 60.8 Å². The lowest BCUT2D eigenvalue weighted by molar-refractivity contribution is -0.137. The molecule has 5 aromatic rings. The monoisotopic (exact) mass is 580 g/mol. The Bertz CT molecular complexity index is 1690. The third kappa shape index (κ3) is 8.42. The molecule has 2 heterocycles. The molecule has 0 atom stereocenters. The van der Waals surface area contributed by atoms with Crippen LogP contribution in [-0.4, -0.2) is 19.7 Å². The number of pyridine rings is 1. The maximum Gasteiger partial charge on any atom is 0.416 e.